The summed E-state index contributed by atoms with van der Waals surface area (Å²) in [5.74, 6) is -9.78. The zero-order valence-electron chi connectivity index (χ0n) is 12.7. The highest BCUT2D eigenvalue weighted by Crippen LogP contribution is 2.40. The molecule has 0 aliphatic heterocycles. The molecule has 1 unspecified atom stereocenters. The van der Waals surface area contributed by atoms with Crippen LogP contribution in [-0.2, 0) is 4.79 Å². The first kappa shape index (κ1) is 18.2. The van der Waals surface area contributed by atoms with Crippen LogP contribution in [-0.4, -0.2) is 40.0 Å². The molecule has 2 aromatic rings. The van der Waals surface area contributed by atoms with Crippen LogP contribution in [0.15, 0.2) is 41.8 Å². The number of thiophene rings is 1. The number of fused-ring (bicyclic) bond motifs is 1. The number of rotatable bonds is 4. The van der Waals surface area contributed by atoms with Crippen LogP contribution in [0, 0.1) is 5.92 Å². The van der Waals surface area contributed by atoms with Gasteiger partial charge in [0.2, 0.25) is 17.2 Å². The molecule has 5 nitrogen and oxygen atoms in total. The lowest BCUT2D eigenvalue weighted by molar-refractivity contribution is -0.177. The van der Waals surface area contributed by atoms with E-state index in [1.165, 1.54) is 23.6 Å². The van der Waals surface area contributed by atoms with Gasteiger partial charge in [0.1, 0.15) is 5.92 Å². The first-order valence-electron chi connectivity index (χ1n) is 7.20. The molecular formula is C17H9F3O5S. The van der Waals surface area contributed by atoms with E-state index in [-0.39, 0.29) is 16.0 Å². The smallest absolute Gasteiger partial charge is 0.373 e. The van der Waals surface area contributed by atoms with Crippen molar-refractivity contribution in [2.75, 3.05) is 0 Å². The van der Waals surface area contributed by atoms with E-state index in [1.807, 2.05) is 0 Å². The van der Waals surface area contributed by atoms with E-state index < -0.39 is 40.8 Å². The Kier molecular flexibility index (Phi) is 4.16. The van der Waals surface area contributed by atoms with E-state index in [1.54, 1.807) is 0 Å². The summed E-state index contributed by atoms with van der Waals surface area (Å²) in [4.78, 5) is 49.3. The third kappa shape index (κ3) is 2.51. The number of carbonyl (C=O) groups excluding carboxylic acids is 4. The van der Waals surface area contributed by atoms with Crippen LogP contribution in [0.4, 0.5) is 13.2 Å². The quantitative estimate of drug-likeness (QED) is 0.648. The highest BCUT2D eigenvalue weighted by Gasteiger charge is 2.65. The molecule has 1 aliphatic carbocycles. The van der Waals surface area contributed by atoms with Gasteiger partial charge in [-0.2, -0.15) is 13.2 Å². The molecule has 1 aromatic carbocycles. The second-order valence-corrected chi connectivity index (χ2v) is 6.55. The predicted octanol–water partition coefficient (Wildman–Crippen LogP) is 2.49. The molecule has 1 N–H and O–H groups in total. The molecule has 1 heterocycles. The number of carbonyl (C=O) groups is 4. The molecule has 0 fully saturated rings. The van der Waals surface area contributed by atoms with Gasteiger partial charge in [-0.3, -0.25) is 19.2 Å². The minimum atomic E-state index is -5.53. The van der Waals surface area contributed by atoms with Crippen LogP contribution >= 0.6 is 11.3 Å². The van der Waals surface area contributed by atoms with Crippen molar-refractivity contribution in [2.24, 2.45) is 5.92 Å². The molecular weight excluding hydrogens is 373 g/mol. The molecule has 0 saturated carbocycles. The molecule has 0 amide bonds. The Labute approximate surface area is 148 Å². The lowest BCUT2D eigenvalue weighted by atomic mass is 9.77. The standard InChI is InChI=1S/C17H9F3O5S/c18-17(19,20)15(24)11(12(21)10-6-3-7-26-10)16(25)13(22)8-4-1-2-5-9(8)14(16)23/h1-7,11,25H. The Morgan fingerprint density at radius 2 is 1.54 bits per heavy atom. The lowest BCUT2D eigenvalue weighted by Crippen LogP contribution is -2.57. The molecule has 0 radical (unpaired) electrons. The molecule has 3 rings (SSSR count). The molecule has 26 heavy (non-hydrogen) atoms. The summed E-state index contributed by atoms with van der Waals surface area (Å²) < 4.78 is 39.2. The largest absolute Gasteiger partial charge is 0.450 e. The lowest BCUT2D eigenvalue weighted by Gasteiger charge is -2.27. The van der Waals surface area contributed by atoms with Gasteiger partial charge in [0.25, 0.3) is 5.78 Å². The molecule has 0 saturated heterocycles. The van der Waals surface area contributed by atoms with Crippen molar-refractivity contribution in [3.8, 4) is 0 Å². The molecule has 0 bridgehead atoms. The van der Waals surface area contributed by atoms with E-state index in [0.29, 0.717) is 0 Å². The highest BCUT2D eigenvalue weighted by molar-refractivity contribution is 7.12. The Morgan fingerprint density at radius 1 is 1.00 bits per heavy atom. The topological polar surface area (TPSA) is 88.5 Å². The van der Waals surface area contributed by atoms with E-state index in [4.69, 9.17) is 0 Å². The fraction of sp³-hybridized carbons (Fsp3) is 0.176. The van der Waals surface area contributed by atoms with Gasteiger partial charge >= 0.3 is 6.18 Å². The third-order valence-electron chi connectivity index (χ3n) is 4.09. The van der Waals surface area contributed by atoms with Gasteiger partial charge < -0.3 is 5.11 Å². The summed E-state index contributed by atoms with van der Waals surface area (Å²) in [5.41, 5.74) is -4.10. The summed E-state index contributed by atoms with van der Waals surface area (Å²) in [6.07, 6.45) is -5.53. The highest BCUT2D eigenvalue weighted by atomic mass is 32.1. The van der Waals surface area contributed by atoms with Crippen molar-refractivity contribution in [3.63, 3.8) is 0 Å². The van der Waals surface area contributed by atoms with Crippen molar-refractivity contribution in [2.45, 2.75) is 11.8 Å². The van der Waals surface area contributed by atoms with E-state index in [2.05, 4.69) is 0 Å². The van der Waals surface area contributed by atoms with Crippen molar-refractivity contribution >= 4 is 34.5 Å². The number of aliphatic hydroxyl groups is 1. The van der Waals surface area contributed by atoms with E-state index >= 15 is 0 Å². The molecule has 0 spiro atoms. The van der Waals surface area contributed by atoms with Crippen LogP contribution in [0.1, 0.15) is 30.4 Å². The summed E-state index contributed by atoms with van der Waals surface area (Å²) in [7, 11) is 0. The van der Waals surface area contributed by atoms with Crippen LogP contribution in [0.5, 0.6) is 0 Å². The zero-order chi connectivity index (χ0) is 19.3. The number of alkyl halides is 3. The summed E-state index contributed by atoms with van der Waals surface area (Å²) in [6, 6.07) is 7.46. The van der Waals surface area contributed by atoms with Crippen LogP contribution < -0.4 is 0 Å². The van der Waals surface area contributed by atoms with Crippen LogP contribution in [0.2, 0.25) is 0 Å². The Morgan fingerprint density at radius 3 is 1.96 bits per heavy atom. The summed E-state index contributed by atoms with van der Waals surface area (Å²) in [6.45, 7) is 0. The maximum absolute atomic E-state index is 13.1. The van der Waals surface area contributed by atoms with Gasteiger partial charge in [-0.1, -0.05) is 30.3 Å². The fourth-order valence-electron chi connectivity index (χ4n) is 2.88. The van der Waals surface area contributed by atoms with Crippen molar-refractivity contribution < 1.29 is 37.5 Å². The molecule has 1 atom stereocenters. The third-order valence-corrected chi connectivity index (χ3v) is 4.98. The van der Waals surface area contributed by atoms with E-state index in [0.717, 1.165) is 29.5 Å². The first-order valence-corrected chi connectivity index (χ1v) is 8.08. The monoisotopic (exact) mass is 382 g/mol. The average molecular weight is 382 g/mol. The maximum atomic E-state index is 13.1. The Balaban J connectivity index is 2.19. The SMILES string of the molecule is O=C(c1cccs1)C(C(=O)C(F)(F)F)C1(O)C(=O)c2ccccc2C1=O. The predicted molar refractivity (Wildman–Crippen MR) is 83.3 cm³/mol. The second kappa shape index (κ2) is 5.96. The Bertz CT molecular complexity index is 895. The second-order valence-electron chi connectivity index (χ2n) is 5.61. The van der Waals surface area contributed by atoms with Crippen LogP contribution in [0.3, 0.4) is 0 Å². The van der Waals surface area contributed by atoms with Gasteiger partial charge in [-0.25, -0.2) is 0 Å². The number of benzene rings is 1. The number of Topliss-reactive ketones (excluding diaryl/α,β-unsaturated/α-hetero) is 4. The summed E-state index contributed by atoms with van der Waals surface area (Å²) in [5, 5.41) is 12.1. The van der Waals surface area contributed by atoms with Crippen molar-refractivity contribution in [3.05, 3.63) is 57.8 Å². The minimum Gasteiger partial charge on any atom is -0.373 e. The minimum absolute atomic E-state index is 0.280. The van der Waals surface area contributed by atoms with Crippen molar-refractivity contribution in [1.82, 2.24) is 0 Å². The molecule has 9 heteroatoms. The average Bonchev–Trinajstić information content (AvgIpc) is 3.19. The van der Waals surface area contributed by atoms with Crippen molar-refractivity contribution in [1.29, 1.82) is 0 Å². The molecule has 134 valence electrons. The number of halogens is 3. The number of hydrogen-bond acceptors (Lipinski definition) is 6. The number of hydrogen-bond donors (Lipinski definition) is 1. The summed E-state index contributed by atoms with van der Waals surface area (Å²) >= 11 is 0.728. The molecule has 1 aromatic heterocycles. The maximum Gasteiger partial charge on any atom is 0.450 e. The number of ketones is 4. The van der Waals surface area contributed by atoms with Gasteiger partial charge in [0.15, 0.2) is 5.78 Å². The molecule has 1 aliphatic rings. The van der Waals surface area contributed by atoms with Gasteiger partial charge in [-0.15, -0.1) is 11.3 Å². The van der Waals surface area contributed by atoms with Crippen LogP contribution in [0.25, 0.3) is 0 Å². The van der Waals surface area contributed by atoms with E-state index in [9.17, 15) is 37.5 Å². The van der Waals surface area contributed by atoms with Gasteiger partial charge in [-0.05, 0) is 11.4 Å². The zero-order valence-corrected chi connectivity index (χ0v) is 13.6. The normalized spacial score (nSPS) is 17.1. The fourth-order valence-corrected chi connectivity index (χ4v) is 3.57. The first-order chi connectivity index (χ1) is 12.1. The van der Waals surface area contributed by atoms with Gasteiger partial charge in [0, 0.05) is 11.1 Å². The van der Waals surface area contributed by atoms with Gasteiger partial charge in [0.05, 0.1) is 4.88 Å². The Hall–Kier alpha value is -2.65.